The zero-order valence-electron chi connectivity index (χ0n) is 19.3. The molecule has 1 saturated heterocycles. The molecule has 2 unspecified atom stereocenters. The van der Waals surface area contributed by atoms with Crippen LogP contribution in [0, 0.1) is 25.2 Å². The van der Waals surface area contributed by atoms with Gasteiger partial charge < -0.3 is 19.8 Å². The minimum absolute atomic E-state index is 0.0707. The van der Waals surface area contributed by atoms with Crippen molar-refractivity contribution in [1.29, 1.82) is 0 Å². The van der Waals surface area contributed by atoms with E-state index in [1.807, 2.05) is 28.0 Å². The van der Waals surface area contributed by atoms with Crippen molar-refractivity contribution >= 4 is 5.96 Å². The van der Waals surface area contributed by atoms with Gasteiger partial charge in [-0.1, -0.05) is 13.8 Å². The minimum Gasteiger partial charge on any atom is -0.444 e. The first kappa shape index (κ1) is 22.1. The number of nitrogens with zero attached hydrogens (tertiary/aromatic N) is 3. The molecule has 2 N–H and O–H groups in total. The average molecular weight is 406 g/mol. The third kappa shape index (κ3) is 4.61. The van der Waals surface area contributed by atoms with E-state index in [-0.39, 0.29) is 11.0 Å². The Balaban J connectivity index is 1.40. The van der Waals surface area contributed by atoms with Gasteiger partial charge in [0.2, 0.25) is 5.89 Å². The van der Waals surface area contributed by atoms with Crippen molar-refractivity contribution in [2.24, 2.45) is 16.3 Å². The summed E-state index contributed by atoms with van der Waals surface area (Å²) in [5.41, 5.74) is 0.996. The van der Waals surface area contributed by atoms with Crippen LogP contribution in [0.25, 0.3) is 0 Å². The van der Waals surface area contributed by atoms with E-state index in [1.54, 1.807) is 0 Å². The molecule has 3 rings (SSSR count). The van der Waals surface area contributed by atoms with Crippen LogP contribution in [0.5, 0.6) is 0 Å². The summed E-state index contributed by atoms with van der Waals surface area (Å²) in [6, 6.07) is 0.369. The number of rotatable bonds is 6. The van der Waals surface area contributed by atoms with Crippen LogP contribution >= 0.6 is 0 Å². The van der Waals surface area contributed by atoms with E-state index < -0.39 is 0 Å². The number of likely N-dealkylation sites (tertiary alicyclic amines) is 1. The van der Waals surface area contributed by atoms with Crippen LogP contribution in [0.1, 0.15) is 57.4 Å². The first-order valence-corrected chi connectivity index (χ1v) is 10.9. The van der Waals surface area contributed by atoms with Crippen LogP contribution in [-0.2, 0) is 11.3 Å². The lowest BCUT2D eigenvalue weighted by molar-refractivity contribution is -0.176. The van der Waals surface area contributed by atoms with Gasteiger partial charge in [0.1, 0.15) is 5.76 Å². The molecule has 7 heteroatoms. The van der Waals surface area contributed by atoms with Gasteiger partial charge in [-0.3, -0.25) is 9.89 Å². The van der Waals surface area contributed by atoms with Gasteiger partial charge in [-0.2, -0.15) is 0 Å². The molecule has 29 heavy (non-hydrogen) atoms. The lowest BCUT2D eigenvalue weighted by Crippen LogP contribution is -2.69. The fourth-order valence-electron chi connectivity index (χ4n) is 4.47. The maximum Gasteiger partial charge on any atom is 0.208 e. The maximum atomic E-state index is 5.73. The van der Waals surface area contributed by atoms with E-state index in [0.29, 0.717) is 12.0 Å². The molecule has 1 aliphatic heterocycles. The van der Waals surface area contributed by atoms with E-state index >= 15 is 0 Å². The average Bonchev–Trinajstić information content (AvgIpc) is 3.02. The Morgan fingerprint density at radius 1 is 1.28 bits per heavy atom. The van der Waals surface area contributed by atoms with Crippen molar-refractivity contribution in [3.8, 4) is 0 Å². The van der Waals surface area contributed by atoms with E-state index in [9.17, 15) is 0 Å². The third-order valence-electron chi connectivity index (χ3n) is 7.51. The Labute approximate surface area is 175 Å². The fraction of sp³-hybridized carbons (Fsp3) is 0.818. The Morgan fingerprint density at radius 2 is 1.97 bits per heavy atom. The molecular formula is C22H39N5O2. The molecular weight excluding hydrogens is 366 g/mol. The molecule has 2 fully saturated rings. The van der Waals surface area contributed by atoms with E-state index in [4.69, 9.17) is 9.15 Å². The molecule has 1 aliphatic carbocycles. The van der Waals surface area contributed by atoms with E-state index in [1.165, 1.54) is 12.8 Å². The molecule has 2 heterocycles. The second-order valence-electron chi connectivity index (χ2n) is 9.48. The second-order valence-corrected chi connectivity index (χ2v) is 9.48. The minimum atomic E-state index is -0.0731. The molecule has 2 aliphatic rings. The Morgan fingerprint density at radius 3 is 2.48 bits per heavy atom. The number of nitrogens with one attached hydrogen (secondary N) is 2. The smallest absolute Gasteiger partial charge is 0.208 e. The summed E-state index contributed by atoms with van der Waals surface area (Å²) >= 11 is 0. The van der Waals surface area contributed by atoms with Gasteiger partial charge >= 0.3 is 0 Å². The number of piperidine rings is 1. The monoisotopic (exact) mass is 405 g/mol. The number of ether oxygens (including phenoxy) is 1. The van der Waals surface area contributed by atoms with Crippen molar-refractivity contribution in [2.75, 3.05) is 33.8 Å². The number of methoxy groups -OCH3 is 1. The highest BCUT2D eigenvalue weighted by molar-refractivity contribution is 5.80. The normalized spacial score (nSPS) is 28.2. The summed E-state index contributed by atoms with van der Waals surface area (Å²) in [5, 5.41) is 7.14. The van der Waals surface area contributed by atoms with Crippen molar-refractivity contribution in [3.05, 3.63) is 17.3 Å². The summed E-state index contributed by atoms with van der Waals surface area (Å²) in [6.07, 6.45) is 3.36. The molecule has 1 saturated carbocycles. The van der Waals surface area contributed by atoms with Crippen LogP contribution in [0.15, 0.2) is 9.41 Å². The fourth-order valence-corrected chi connectivity index (χ4v) is 4.47. The Kier molecular flexibility index (Phi) is 6.58. The molecule has 0 spiro atoms. The van der Waals surface area contributed by atoms with Crippen LogP contribution in [-0.4, -0.2) is 61.3 Å². The van der Waals surface area contributed by atoms with E-state index in [0.717, 1.165) is 55.9 Å². The topological polar surface area (TPSA) is 74.9 Å². The van der Waals surface area contributed by atoms with E-state index in [2.05, 4.69) is 46.3 Å². The van der Waals surface area contributed by atoms with Gasteiger partial charge in [-0.05, 0) is 59.0 Å². The number of oxazole rings is 1. The SMILES string of the molecule is CN=C(NCC1CCN(Cc2nc(C)c(C)o2)CC1)NC1CC(C)(OC)C1(C)C. The van der Waals surface area contributed by atoms with Gasteiger partial charge in [0, 0.05) is 32.2 Å². The molecule has 0 aromatic carbocycles. The summed E-state index contributed by atoms with van der Waals surface area (Å²) in [4.78, 5) is 11.4. The van der Waals surface area contributed by atoms with Gasteiger partial charge in [-0.25, -0.2) is 4.98 Å². The molecule has 0 radical (unpaired) electrons. The number of hydrogen-bond donors (Lipinski definition) is 2. The predicted molar refractivity (Wildman–Crippen MR) is 116 cm³/mol. The highest BCUT2D eigenvalue weighted by Crippen LogP contribution is 2.51. The molecule has 1 aromatic rings. The Bertz CT molecular complexity index is 701. The van der Waals surface area contributed by atoms with Crippen molar-refractivity contribution in [2.45, 2.75) is 72.1 Å². The van der Waals surface area contributed by atoms with Gasteiger partial charge in [0.15, 0.2) is 5.96 Å². The lowest BCUT2D eigenvalue weighted by Gasteiger charge is -2.59. The largest absolute Gasteiger partial charge is 0.444 e. The molecule has 164 valence electrons. The Hall–Kier alpha value is -1.60. The highest BCUT2D eigenvalue weighted by atomic mass is 16.5. The predicted octanol–water partition coefficient (Wildman–Crippen LogP) is 2.87. The first-order chi connectivity index (χ1) is 13.7. The molecule has 2 atom stereocenters. The lowest BCUT2D eigenvalue weighted by atomic mass is 9.56. The number of aliphatic imine (C=N–C) groups is 1. The summed E-state index contributed by atoms with van der Waals surface area (Å²) in [5.74, 6) is 3.33. The van der Waals surface area contributed by atoms with Crippen LogP contribution in [0.4, 0.5) is 0 Å². The van der Waals surface area contributed by atoms with Crippen molar-refractivity contribution < 1.29 is 9.15 Å². The molecule has 0 bridgehead atoms. The number of hydrogen-bond acceptors (Lipinski definition) is 5. The highest BCUT2D eigenvalue weighted by Gasteiger charge is 2.58. The van der Waals surface area contributed by atoms with Gasteiger partial charge in [0.25, 0.3) is 0 Å². The summed E-state index contributed by atoms with van der Waals surface area (Å²) in [7, 11) is 3.65. The number of guanidine groups is 1. The molecule has 1 aromatic heterocycles. The van der Waals surface area contributed by atoms with Crippen LogP contribution in [0.2, 0.25) is 0 Å². The van der Waals surface area contributed by atoms with Crippen LogP contribution < -0.4 is 10.6 Å². The van der Waals surface area contributed by atoms with Gasteiger partial charge in [-0.15, -0.1) is 0 Å². The summed E-state index contributed by atoms with van der Waals surface area (Å²) in [6.45, 7) is 14.6. The maximum absolute atomic E-state index is 5.73. The first-order valence-electron chi connectivity index (χ1n) is 10.9. The standard InChI is InChI=1S/C22H39N5O2/c1-15-16(2)29-19(25-15)14-27-10-8-17(9-11-27)13-24-20(23-6)26-18-12-22(5,28-7)21(18,3)4/h17-18H,8-14H2,1-7H3,(H2,23,24,26). The van der Waals surface area contributed by atoms with Crippen molar-refractivity contribution in [3.63, 3.8) is 0 Å². The van der Waals surface area contributed by atoms with Gasteiger partial charge in [0.05, 0.1) is 17.8 Å². The summed E-state index contributed by atoms with van der Waals surface area (Å²) < 4.78 is 11.5. The molecule has 0 amide bonds. The second kappa shape index (κ2) is 8.64. The van der Waals surface area contributed by atoms with Crippen LogP contribution in [0.3, 0.4) is 0 Å². The third-order valence-corrected chi connectivity index (χ3v) is 7.51. The zero-order chi connectivity index (χ0) is 21.2. The number of aryl methyl sites for hydroxylation is 2. The number of aromatic nitrogens is 1. The molecule has 7 nitrogen and oxygen atoms in total. The quantitative estimate of drug-likeness (QED) is 0.560. The van der Waals surface area contributed by atoms with Crippen molar-refractivity contribution in [1.82, 2.24) is 20.5 Å². The zero-order valence-corrected chi connectivity index (χ0v) is 19.3.